The number of hydrogen-bond donors (Lipinski definition) is 2. The van der Waals surface area contributed by atoms with Gasteiger partial charge in [0.2, 0.25) is 0 Å². The lowest BCUT2D eigenvalue weighted by Crippen LogP contribution is -2.03. The normalized spacial score (nSPS) is 10.5. The second-order valence-electron chi connectivity index (χ2n) is 4.81. The van der Waals surface area contributed by atoms with E-state index in [0.29, 0.717) is 5.69 Å². The van der Waals surface area contributed by atoms with Crippen molar-refractivity contribution in [2.24, 2.45) is 0 Å². The smallest absolute Gasteiger partial charge is 0.337 e. The van der Waals surface area contributed by atoms with Crippen LogP contribution in [0.4, 0.5) is 5.69 Å². The van der Waals surface area contributed by atoms with Gasteiger partial charge in [-0.25, -0.2) is 4.79 Å². The Morgan fingerprint density at radius 3 is 2.45 bits per heavy atom. The first-order valence-electron chi connectivity index (χ1n) is 6.29. The zero-order valence-electron chi connectivity index (χ0n) is 11.5. The molecule has 0 heterocycles. The van der Waals surface area contributed by atoms with Crippen LogP contribution in [-0.2, 0) is 5.75 Å². The summed E-state index contributed by atoms with van der Waals surface area (Å²) in [5, 5.41) is 9.06. The number of carbonyl (C=O) groups is 1. The summed E-state index contributed by atoms with van der Waals surface area (Å²) >= 11 is 1.56. The molecular weight excluding hydrogens is 270 g/mol. The fourth-order valence-electron chi connectivity index (χ4n) is 2.17. The van der Waals surface area contributed by atoms with E-state index in [-0.39, 0.29) is 5.56 Å². The van der Waals surface area contributed by atoms with Crippen LogP contribution >= 0.6 is 11.8 Å². The molecule has 0 saturated heterocycles. The Labute approximate surface area is 122 Å². The second kappa shape index (κ2) is 6.01. The van der Waals surface area contributed by atoms with E-state index in [0.717, 1.165) is 10.6 Å². The van der Waals surface area contributed by atoms with E-state index < -0.39 is 5.97 Å². The molecule has 0 aliphatic carbocycles. The first kappa shape index (κ1) is 14.5. The summed E-state index contributed by atoms with van der Waals surface area (Å²) in [6.07, 6.45) is 0. The average molecular weight is 287 g/mol. The molecule has 2 aromatic rings. The van der Waals surface area contributed by atoms with Crippen molar-refractivity contribution < 1.29 is 9.90 Å². The molecule has 3 nitrogen and oxygen atoms in total. The maximum atomic E-state index is 11.0. The molecule has 2 rings (SSSR count). The molecular formula is C16H17NO2S. The lowest BCUT2D eigenvalue weighted by molar-refractivity contribution is 0.0698. The van der Waals surface area contributed by atoms with Gasteiger partial charge < -0.3 is 10.8 Å². The van der Waals surface area contributed by atoms with Crippen molar-refractivity contribution in [2.45, 2.75) is 24.5 Å². The highest BCUT2D eigenvalue weighted by Gasteiger charge is 2.11. The molecule has 0 saturated carbocycles. The van der Waals surface area contributed by atoms with Crippen molar-refractivity contribution in [3.8, 4) is 0 Å². The number of benzene rings is 2. The minimum atomic E-state index is -0.989. The Bertz CT molecular complexity index is 633. The Hall–Kier alpha value is -1.94. The predicted octanol–water partition coefficient (Wildman–Crippen LogP) is 3.88. The number of hydrogen-bond acceptors (Lipinski definition) is 3. The molecule has 20 heavy (non-hydrogen) atoms. The Balaban J connectivity index is 2.19. The number of para-hydroxylation sites is 1. The largest absolute Gasteiger partial charge is 0.478 e. The number of thioether (sulfide) groups is 1. The molecule has 0 unspecified atom stereocenters. The number of aromatic carboxylic acids is 1. The third-order valence-electron chi connectivity index (χ3n) is 2.97. The number of rotatable bonds is 4. The van der Waals surface area contributed by atoms with E-state index in [4.69, 9.17) is 10.8 Å². The van der Waals surface area contributed by atoms with Crippen molar-refractivity contribution >= 4 is 23.4 Å². The van der Waals surface area contributed by atoms with Crippen molar-refractivity contribution in [3.05, 3.63) is 58.7 Å². The van der Waals surface area contributed by atoms with Crippen LogP contribution in [-0.4, -0.2) is 11.1 Å². The van der Waals surface area contributed by atoms with Gasteiger partial charge in [-0.1, -0.05) is 35.4 Å². The number of carboxylic acid groups (broad SMARTS) is 1. The van der Waals surface area contributed by atoms with Crippen LogP contribution in [0, 0.1) is 13.8 Å². The summed E-state index contributed by atoms with van der Waals surface area (Å²) in [6, 6.07) is 11.5. The van der Waals surface area contributed by atoms with Gasteiger partial charge in [-0.05, 0) is 31.5 Å². The lowest BCUT2D eigenvalue weighted by Gasteiger charge is -2.09. The number of anilines is 1. The first-order chi connectivity index (χ1) is 9.47. The highest BCUT2D eigenvalue weighted by Crippen LogP contribution is 2.30. The predicted molar refractivity (Wildman–Crippen MR) is 83.3 cm³/mol. The number of nitrogen functional groups attached to an aromatic ring is 1. The van der Waals surface area contributed by atoms with E-state index in [1.807, 2.05) is 6.07 Å². The molecule has 0 aliphatic rings. The SMILES string of the molecule is Cc1cc(C)cc(CSc2cccc(C(=O)O)c2N)c1. The molecule has 0 aromatic heterocycles. The van der Waals surface area contributed by atoms with Crippen molar-refractivity contribution in [1.29, 1.82) is 0 Å². The van der Waals surface area contributed by atoms with Crippen LogP contribution < -0.4 is 5.73 Å². The first-order valence-corrected chi connectivity index (χ1v) is 7.27. The maximum absolute atomic E-state index is 11.0. The lowest BCUT2D eigenvalue weighted by atomic mass is 10.1. The van der Waals surface area contributed by atoms with Crippen LogP contribution in [0.15, 0.2) is 41.3 Å². The van der Waals surface area contributed by atoms with Gasteiger partial charge in [-0.3, -0.25) is 0 Å². The van der Waals surface area contributed by atoms with E-state index in [2.05, 4.69) is 32.0 Å². The molecule has 0 bridgehead atoms. The second-order valence-corrected chi connectivity index (χ2v) is 5.82. The number of aryl methyl sites for hydroxylation is 2. The number of carboxylic acids is 1. The molecule has 0 spiro atoms. The highest BCUT2D eigenvalue weighted by molar-refractivity contribution is 7.98. The van der Waals surface area contributed by atoms with Gasteiger partial charge in [0.05, 0.1) is 11.3 Å². The van der Waals surface area contributed by atoms with Gasteiger partial charge in [0, 0.05) is 10.6 Å². The number of nitrogens with two attached hydrogens (primary N) is 1. The summed E-state index contributed by atoms with van der Waals surface area (Å²) in [6.45, 7) is 4.14. The Morgan fingerprint density at radius 1 is 1.20 bits per heavy atom. The molecule has 0 fully saturated rings. The van der Waals surface area contributed by atoms with Crippen molar-refractivity contribution in [1.82, 2.24) is 0 Å². The van der Waals surface area contributed by atoms with Crippen molar-refractivity contribution in [3.63, 3.8) is 0 Å². The third-order valence-corrected chi connectivity index (χ3v) is 4.12. The Morgan fingerprint density at radius 2 is 1.85 bits per heavy atom. The van der Waals surface area contributed by atoms with Crippen molar-refractivity contribution in [2.75, 3.05) is 5.73 Å². The zero-order valence-corrected chi connectivity index (χ0v) is 12.3. The minimum absolute atomic E-state index is 0.162. The summed E-state index contributed by atoms with van der Waals surface area (Å²) in [5.74, 6) is -0.216. The monoisotopic (exact) mass is 287 g/mol. The van der Waals surface area contributed by atoms with Gasteiger partial charge in [-0.2, -0.15) is 0 Å². The quantitative estimate of drug-likeness (QED) is 0.661. The van der Waals surface area contributed by atoms with E-state index in [9.17, 15) is 4.79 Å². The maximum Gasteiger partial charge on any atom is 0.337 e. The van der Waals surface area contributed by atoms with Crippen LogP contribution in [0.3, 0.4) is 0 Å². The van der Waals surface area contributed by atoms with Crippen LogP contribution in [0.2, 0.25) is 0 Å². The van der Waals surface area contributed by atoms with E-state index in [1.54, 1.807) is 17.8 Å². The van der Waals surface area contributed by atoms with Gasteiger partial charge in [0.1, 0.15) is 0 Å². The summed E-state index contributed by atoms with van der Waals surface area (Å²) < 4.78 is 0. The van der Waals surface area contributed by atoms with Gasteiger partial charge >= 0.3 is 5.97 Å². The fourth-order valence-corrected chi connectivity index (χ4v) is 3.10. The minimum Gasteiger partial charge on any atom is -0.478 e. The molecule has 0 radical (unpaired) electrons. The molecule has 0 aliphatic heterocycles. The molecule has 104 valence electrons. The van der Waals surface area contributed by atoms with E-state index >= 15 is 0 Å². The van der Waals surface area contributed by atoms with Crippen LogP contribution in [0.5, 0.6) is 0 Å². The molecule has 0 amide bonds. The molecule has 0 atom stereocenters. The molecule has 4 heteroatoms. The molecule has 2 aromatic carbocycles. The average Bonchev–Trinajstić information content (AvgIpc) is 2.36. The van der Waals surface area contributed by atoms with Gasteiger partial charge in [-0.15, -0.1) is 11.8 Å². The van der Waals surface area contributed by atoms with Crippen LogP contribution in [0.25, 0.3) is 0 Å². The molecule has 3 N–H and O–H groups in total. The van der Waals surface area contributed by atoms with Gasteiger partial charge in [0.15, 0.2) is 0 Å². The van der Waals surface area contributed by atoms with E-state index in [1.165, 1.54) is 22.8 Å². The topological polar surface area (TPSA) is 63.3 Å². The fraction of sp³-hybridized carbons (Fsp3) is 0.188. The highest BCUT2D eigenvalue weighted by atomic mass is 32.2. The van der Waals surface area contributed by atoms with Gasteiger partial charge in [0.25, 0.3) is 0 Å². The summed E-state index contributed by atoms with van der Waals surface area (Å²) in [7, 11) is 0. The summed E-state index contributed by atoms with van der Waals surface area (Å²) in [4.78, 5) is 11.9. The summed E-state index contributed by atoms with van der Waals surface area (Å²) in [5.41, 5.74) is 10.1. The zero-order chi connectivity index (χ0) is 14.7. The van der Waals surface area contributed by atoms with Crippen LogP contribution in [0.1, 0.15) is 27.0 Å². The standard InChI is InChI=1S/C16H17NO2S/c1-10-6-11(2)8-12(7-10)9-20-14-5-3-4-13(15(14)17)16(18)19/h3-8H,9,17H2,1-2H3,(H,18,19). The Kier molecular flexibility index (Phi) is 4.35. The third kappa shape index (κ3) is 3.33.